The Kier molecular flexibility index (Phi) is 6.23. The van der Waals surface area contributed by atoms with Crippen LogP contribution in [0.1, 0.15) is 18.1 Å². The fourth-order valence-electron chi connectivity index (χ4n) is 4.40. The molecule has 0 saturated carbocycles. The summed E-state index contributed by atoms with van der Waals surface area (Å²) in [6, 6.07) is 23.3. The van der Waals surface area contributed by atoms with Crippen LogP contribution in [0.25, 0.3) is 10.8 Å². The Morgan fingerprint density at radius 3 is 2.31 bits per heavy atom. The van der Waals surface area contributed by atoms with Crippen molar-refractivity contribution < 1.29 is 14.6 Å². The number of piperazine rings is 1. The molecule has 4 rings (SSSR count). The summed E-state index contributed by atoms with van der Waals surface area (Å²) in [6.45, 7) is 8.04. The first-order valence-corrected chi connectivity index (χ1v) is 10.7. The predicted octanol–water partition coefficient (Wildman–Crippen LogP) is 1.32. The van der Waals surface area contributed by atoms with Crippen LogP contribution in [0, 0.1) is 0 Å². The number of fused-ring (bicyclic) bond motifs is 1. The average Bonchev–Trinajstić information content (AvgIpc) is 2.76. The van der Waals surface area contributed by atoms with E-state index in [1.165, 1.54) is 26.8 Å². The monoisotopic (exact) mass is 389 g/mol. The number of hydrogen-bond donors (Lipinski definition) is 3. The molecule has 0 bridgehead atoms. The van der Waals surface area contributed by atoms with Crippen LogP contribution in [0.15, 0.2) is 66.7 Å². The Balaban J connectivity index is 1.30. The van der Waals surface area contributed by atoms with Crippen LogP contribution in [0.4, 0.5) is 5.69 Å². The lowest BCUT2D eigenvalue weighted by atomic mass is 10.0. The molecule has 1 fully saturated rings. The minimum absolute atomic E-state index is 0.124. The van der Waals surface area contributed by atoms with Crippen molar-refractivity contribution >= 4 is 22.4 Å². The van der Waals surface area contributed by atoms with Gasteiger partial charge in [-0.25, -0.2) is 0 Å². The van der Waals surface area contributed by atoms with Gasteiger partial charge in [0.25, 0.3) is 5.91 Å². The van der Waals surface area contributed by atoms with Crippen LogP contribution in [-0.2, 0) is 17.8 Å². The van der Waals surface area contributed by atoms with E-state index >= 15 is 0 Å². The van der Waals surface area contributed by atoms with E-state index in [-0.39, 0.29) is 5.91 Å². The molecule has 0 unspecified atom stereocenters. The topological polar surface area (TPSA) is 38.0 Å². The van der Waals surface area contributed by atoms with Crippen molar-refractivity contribution in [1.82, 2.24) is 0 Å². The number of quaternary nitrogens is 2. The van der Waals surface area contributed by atoms with E-state index in [0.29, 0.717) is 6.54 Å². The summed E-state index contributed by atoms with van der Waals surface area (Å²) in [5, 5.41) is 5.80. The third kappa shape index (κ3) is 4.84. The van der Waals surface area contributed by atoms with E-state index in [0.717, 1.165) is 44.8 Å². The summed E-state index contributed by atoms with van der Waals surface area (Å²) < 4.78 is 0. The molecule has 4 nitrogen and oxygen atoms in total. The number of nitrogens with one attached hydrogen (secondary N) is 3. The second kappa shape index (κ2) is 9.21. The maximum Gasteiger partial charge on any atom is 0.279 e. The lowest BCUT2D eigenvalue weighted by Crippen LogP contribution is -3.28. The van der Waals surface area contributed by atoms with Crippen molar-refractivity contribution in [2.24, 2.45) is 0 Å². The highest BCUT2D eigenvalue weighted by atomic mass is 16.2. The minimum Gasteiger partial charge on any atom is -0.322 e. The van der Waals surface area contributed by atoms with Gasteiger partial charge >= 0.3 is 0 Å². The SMILES string of the molecule is CCc1ccccc1NC(=O)C[NH+]1CC[NH+](Cc2cccc3ccccc23)CC1. The first-order chi connectivity index (χ1) is 14.2. The van der Waals surface area contributed by atoms with Crippen LogP contribution in [0.2, 0.25) is 0 Å². The molecule has 1 heterocycles. The molecule has 29 heavy (non-hydrogen) atoms. The van der Waals surface area contributed by atoms with Gasteiger partial charge in [-0.2, -0.15) is 0 Å². The molecule has 3 aromatic rings. The third-order valence-electron chi connectivity index (χ3n) is 6.07. The van der Waals surface area contributed by atoms with Gasteiger partial charge in [0.2, 0.25) is 0 Å². The summed E-state index contributed by atoms with van der Waals surface area (Å²) in [6.07, 6.45) is 0.930. The highest BCUT2D eigenvalue weighted by Crippen LogP contribution is 2.17. The molecule has 3 N–H and O–H groups in total. The molecule has 1 amide bonds. The summed E-state index contributed by atoms with van der Waals surface area (Å²) in [5.41, 5.74) is 3.58. The molecule has 1 saturated heterocycles. The maximum absolute atomic E-state index is 12.5. The molecule has 1 aliphatic heterocycles. The lowest BCUT2D eigenvalue weighted by molar-refractivity contribution is -1.01. The van der Waals surface area contributed by atoms with Gasteiger partial charge in [0.1, 0.15) is 32.7 Å². The van der Waals surface area contributed by atoms with Gasteiger partial charge in [-0.05, 0) is 28.8 Å². The van der Waals surface area contributed by atoms with Gasteiger partial charge < -0.3 is 15.1 Å². The van der Waals surface area contributed by atoms with Crippen molar-refractivity contribution in [3.05, 3.63) is 77.9 Å². The number of amides is 1. The zero-order valence-corrected chi connectivity index (χ0v) is 17.2. The molecule has 0 aliphatic carbocycles. The number of carbonyl (C=O) groups excluding carboxylic acids is 1. The van der Waals surface area contributed by atoms with Crippen LogP contribution in [0.5, 0.6) is 0 Å². The lowest BCUT2D eigenvalue weighted by Gasteiger charge is -2.29. The van der Waals surface area contributed by atoms with E-state index in [1.54, 1.807) is 4.90 Å². The Bertz CT molecular complexity index is 971. The predicted molar refractivity (Wildman–Crippen MR) is 118 cm³/mol. The Morgan fingerprint density at radius 1 is 0.828 bits per heavy atom. The second-order valence-electron chi connectivity index (χ2n) is 8.05. The molecular formula is C25H31N3O+2. The van der Waals surface area contributed by atoms with Crippen LogP contribution < -0.4 is 15.1 Å². The van der Waals surface area contributed by atoms with Crippen LogP contribution >= 0.6 is 0 Å². The Labute approximate surface area is 173 Å². The zero-order chi connectivity index (χ0) is 20.1. The number of para-hydroxylation sites is 1. The van der Waals surface area contributed by atoms with Crippen molar-refractivity contribution in [1.29, 1.82) is 0 Å². The van der Waals surface area contributed by atoms with Gasteiger partial charge in [-0.1, -0.05) is 67.6 Å². The molecule has 4 heteroatoms. The molecule has 0 radical (unpaired) electrons. The average molecular weight is 390 g/mol. The Hall–Kier alpha value is -2.69. The summed E-state index contributed by atoms with van der Waals surface area (Å²) in [7, 11) is 0. The van der Waals surface area contributed by atoms with E-state index in [4.69, 9.17) is 0 Å². The van der Waals surface area contributed by atoms with Crippen molar-refractivity contribution in [3.63, 3.8) is 0 Å². The maximum atomic E-state index is 12.5. The van der Waals surface area contributed by atoms with E-state index in [1.807, 2.05) is 18.2 Å². The van der Waals surface area contributed by atoms with Gasteiger partial charge in [0, 0.05) is 11.3 Å². The number of hydrogen-bond acceptors (Lipinski definition) is 1. The van der Waals surface area contributed by atoms with E-state index in [9.17, 15) is 4.79 Å². The quantitative estimate of drug-likeness (QED) is 0.585. The van der Waals surface area contributed by atoms with Gasteiger partial charge in [-0.15, -0.1) is 0 Å². The highest BCUT2D eigenvalue weighted by Gasteiger charge is 2.25. The molecule has 0 spiro atoms. The number of rotatable bonds is 6. The van der Waals surface area contributed by atoms with E-state index in [2.05, 4.69) is 60.8 Å². The van der Waals surface area contributed by atoms with Gasteiger partial charge in [0.15, 0.2) is 6.54 Å². The number of benzene rings is 3. The highest BCUT2D eigenvalue weighted by molar-refractivity contribution is 5.92. The molecule has 3 aromatic carbocycles. The van der Waals surface area contributed by atoms with Crippen LogP contribution in [-0.4, -0.2) is 38.6 Å². The number of anilines is 1. The van der Waals surface area contributed by atoms with E-state index < -0.39 is 0 Å². The van der Waals surface area contributed by atoms with Crippen molar-refractivity contribution in [2.75, 3.05) is 38.0 Å². The number of carbonyl (C=O) groups is 1. The van der Waals surface area contributed by atoms with Crippen LogP contribution in [0.3, 0.4) is 0 Å². The van der Waals surface area contributed by atoms with Gasteiger partial charge in [-0.3, -0.25) is 4.79 Å². The molecule has 0 aromatic heterocycles. The Morgan fingerprint density at radius 2 is 1.48 bits per heavy atom. The van der Waals surface area contributed by atoms with Crippen molar-refractivity contribution in [3.8, 4) is 0 Å². The second-order valence-corrected chi connectivity index (χ2v) is 8.05. The summed E-state index contributed by atoms with van der Waals surface area (Å²) in [5.74, 6) is 0.124. The minimum atomic E-state index is 0.124. The zero-order valence-electron chi connectivity index (χ0n) is 17.2. The first kappa shape index (κ1) is 19.6. The van der Waals surface area contributed by atoms with Crippen molar-refractivity contribution in [2.45, 2.75) is 19.9 Å². The third-order valence-corrected chi connectivity index (χ3v) is 6.07. The van der Waals surface area contributed by atoms with Gasteiger partial charge in [0.05, 0.1) is 0 Å². The standard InChI is InChI=1S/C25H29N3O/c1-2-20-8-4-6-13-24(20)26-25(29)19-28-16-14-27(15-17-28)18-22-11-7-10-21-9-3-5-12-23(21)22/h3-13H,2,14-19H2,1H3,(H,26,29)/p+2. The fraction of sp³-hybridized carbons (Fsp3) is 0.320. The summed E-state index contributed by atoms with van der Waals surface area (Å²) in [4.78, 5) is 15.5. The molecular weight excluding hydrogens is 358 g/mol. The fourth-order valence-corrected chi connectivity index (χ4v) is 4.40. The molecule has 1 aliphatic rings. The largest absolute Gasteiger partial charge is 0.322 e. The number of aryl methyl sites for hydroxylation is 1. The summed E-state index contributed by atoms with van der Waals surface area (Å²) >= 11 is 0. The molecule has 150 valence electrons. The molecule has 0 atom stereocenters. The first-order valence-electron chi connectivity index (χ1n) is 10.7. The smallest absolute Gasteiger partial charge is 0.279 e. The normalized spacial score (nSPS) is 19.2.